The van der Waals surface area contributed by atoms with Crippen molar-refractivity contribution < 1.29 is 14.3 Å². The van der Waals surface area contributed by atoms with E-state index in [9.17, 15) is 4.79 Å². The van der Waals surface area contributed by atoms with Crippen LogP contribution in [0.1, 0.15) is 25.9 Å². The molecule has 3 heterocycles. The van der Waals surface area contributed by atoms with E-state index in [1.807, 2.05) is 44.4 Å². The molecule has 114 valence electrons. The third kappa shape index (κ3) is 2.69. The summed E-state index contributed by atoms with van der Waals surface area (Å²) < 4.78 is 12.4. The van der Waals surface area contributed by atoms with Crippen LogP contribution in [0.3, 0.4) is 0 Å². The first-order valence-electron chi connectivity index (χ1n) is 6.82. The van der Waals surface area contributed by atoms with Crippen molar-refractivity contribution in [2.45, 2.75) is 20.5 Å². The molecule has 22 heavy (non-hydrogen) atoms. The summed E-state index contributed by atoms with van der Waals surface area (Å²) in [5.41, 5.74) is 2.33. The lowest BCUT2D eigenvalue weighted by Gasteiger charge is -2.07. The Morgan fingerprint density at radius 2 is 2.18 bits per heavy atom. The van der Waals surface area contributed by atoms with Crippen LogP contribution in [0, 0.1) is 13.8 Å². The fraction of sp³-hybridized carbons (Fsp3) is 0.250. The van der Waals surface area contributed by atoms with Crippen LogP contribution in [0.25, 0.3) is 5.52 Å². The molecule has 0 saturated carbocycles. The predicted octanol–water partition coefficient (Wildman–Crippen LogP) is 3.38. The van der Waals surface area contributed by atoms with Crippen molar-refractivity contribution in [3.8, 4) is 5.75 Å². The van der Waals surface area contributed by atoms with E-state index in [-0.39, 0.29) is 5.97 Å². The van der Waals surface area contributed by atoms with Crippen LogP contribution in [0.15, 0.2) is 30.6 Å². The van der Waals surface area contributed by atoms with E-state index >= 15 is 0 Å². The van der Waals surface area contributed by atoms with Crippen molar-refractivity contribution in [1.29, 1.82) is 0 Å². The molecule has 0 radical (unpaired) electrons. The van der Waals surface area contributed by atoms with Gasteiger partial charge in [0.05, 0.1) is 23.2 Å². The molecule has 0 unspecified atom stereocenters. The molecule has 0 spiro atoms. The number of aromatic nitrogens is 2. The standard InChI is InChI=1S/C16H16N2O3S/c1-10-6-12-4-5-13(8-18(12)15(10)16(19)20-3)21-9-14-7-17-11(2)22-14/h4-8H,9H2,1-3H3. The Morgan fingerprint density at radius 1 is 1.36 bits per heavy atom. The highest BCUT2D eigenvalue weighted by Crippen LogP contribution is 2.22. The minimum atomic E-state index is -0.354. The molecule has 0 N–H and O–H groups in total. The number of rotatable bonds is 4. The summed E-state index contributed by atoms with van der Waals surface area (Å²) in [6.45, 7) is 4.32. The van der Waals surface area contributed by atoms with Gasteiger partial charge in [0.1, 0.15) is 18.1 Å². The van der Waals surface area contributed by atoms with E-state index in [1.165, 1.54) is 7.11 Å². The zero-order chi connectivity index (χ0) is 15.7. The van der Waals surface area contributed by atoms with Gasteiger partial charge in [0.25, 0.3) is 0 Å². The molecule has 0 saturated heterocycles. The molecule has 0 aliphatic carbocycles. The summed E-state index contributed by atoms with van der Waals surface area (Å²) in [5.74, 6) is 0.340. The first kappa shape index (κ1) is 14.6. The molecule has 3 aromatic heterocycles. The fourth-order valence-corrected chi connectivity index (χ4v) is 3.06. The van der Waals surface area contributed by atoms with Gasteiger partial charge in [-0.25, -0.2) is 9.78 Å². The Morgan fingerprint density at radius 3 is 2.86 bits per heavy atom. The Kier molecular flexibility index (Phi) is 3.85. The van der Waals surface area contributed by atoms with Crippen molar-refractivity contribution in [2.24, 2.45) is 0 Å². The average Bonchev–Trinajstić information content (AvgIpc) is 3.06. The van der Waals surface area contributed by atoms with E-state index in [0.29, 0.717) is 18.1 Å². The van der Waals surface area contributed by atoms with Crippen LogP contribution in [0.2, 0.25) is 0 Å². The van der Waals surface area contributed by atoms with Gasteiger partial charge in [-0.1, -0.05) is 0 Å². The van der Waals surface area contributed by atoms with Gasteiger partial charge in [0.15, 0.2) is 0 Å². The van der Waals surface area contributed by atoms with Gasteiger partial charge in [-0.3, -0.25) is 0 Å². The van der Waals surface area contributed by atoms with Crippen molar-refractivity contribution in [2.75, 3.05) is 7.11 Å². The topological polar surface area (TPSA) is 52.8 Å². The normalized spacial score (nSPS) is 10.9. The third-order valence-corrected chi connectivity index (χ3v) is 4.25. The van der Waals surface area contributed by atoms with Gasteiger partial charge in [-0.05, 0) is 37.6 Å². The second-order valence-corrected chi connectivity index (χ2v) is 6.28. The lowest BCUT2D eigenvalue weighted by atomic mass is 10.3. The SMILES string of the molecule is COC(=O)c1c(C)cc2ccc(OCc3cnc(C)s3)cn12. The summed E-state index contributed by atoms with van der Waals surface area (Å²) in [7, 11) is 1.38. The number of hydrogen-bond donors (Lipinski definition) is 0. The average molecular weight is 316 g/mol. The minimum Gasteiger partial charge on any atom is -0.486 e. The van der Waals surface area contributed by atoms with Crippen molar-refractivity contribution in [3.63, 3.8) is 0 Å². The molecule has 0 aromatic carbocycles. The van der Waals surface area contributed by atoms with Gasteiger partial charge < -0.3 is 13.9 Å². The first-order valence-corrected chi connectivity index (χ1v) is 7.64. The number of hydrogen-bond acceptors (Lipinski definition) is 5. The fourth-order valence-electron chi connectivity index (χ4n) is 2.35. The first-order chi connectivity index (χ1) is 10.6. The van der Waals surface area contributed by atoms with Crippen molar-refractivity contribution in [3.05, 3.63) is 51.7 Å². The Labute approximate surface area is 132 Å². The molecule has 0 amide bonds. The molecule has 5 nitrogen and oxygen atoms in total. The summed E-state index contributed by atoms with van der Waals surface area (Å²) in [6.07, 6.45) is 3.63. The van der Waals surface area contributed by atoms with Crippen molar-refractivity contribution in [1.82, 2.24) is 9.38 Å². The number of esters is 1. The highest BCUT2D eigenvalue weighted by Gasteiger charge is 2.15. The number of carbonyl (C=O) groups excluding carboxylic acids is 1. The number of aryl methyl sites for hydroxylation is 2. The van der Waals surface area contributed by atoms with Crippen LogP contribution >= 0.6 is 11.3 Å². The largest absolute Gasteiger partial charge is 0.486 e. The number of methoxy groups -OCH3 is 1. The van der Waals surface area contributed by atoms with E-state index in [1.54, 1.807) is 15.7 Å². The van der Waals surface area contributed by atoms with Crippen molar-refractivity contribution >= 4 is 22.8 Å². The van der Waals surface area contributed by atoms with Gasteiger partial charge in [-0.2, -0.15) is 0 Å². The monoisotopic (exact) mass is 316 g/mol. The van der Waals surface area contributed by atoms with E-state index < -0.39 is 0 Å². The summed E-state index contributed by atoms with van der Waals surface area (Å²) in [5, 5.41) is 1.02. The Balaban J connectivity index is 1.89. The minimum absolute atomic E-state index is 0.354. The maximum absolute atomic E-state index is 11.9. The number of fused-ring (bicyclic) bond motifs is 1. The molecule has 0 bridgehead atoms. The number of pyridine rings is 1. The van der Waals surface area contributed by atoms with E-state index in [2.05, 4.69) is 4.98 Å². The van der Waals surface area contributed by atoms with Crippen LogP contribution in [0.5, 0.6) is 5.75 Å². The quantitative estimate of drug-likeness (QED) is 0.692. The second-order valence-electron chi connectivity index (χ2n) is 4.96. The Hall–Kier alpha value is -2.34. The molecule has 6 heteroatoms. The predicted molar refractivity (Wildman–Crippen MR) is 84.7 cm³/mol. The van der Waals surface area contributed by atoms with E-state index in [0.717, 1.165) is 21.0 Å². The lowest BCUT2D eigenvalue weighted by molar-refractivity contribution is 0.0592. The molecule has 0 atom stereocenters. The summed E-state index contributed by atoms with van der Waals surface area (Å²) in [6, 6.07) is 5.76. The number of thiazole rings is 1. The van der Waals surface area contributed by atoms with Crippen LogP contribution in [0.4, 0.5) is 0 Å². The lowest BCUT2D eigenvalue weighted by Crippen LogP contribution is -2.07. The van der Waals surface area contributed by atoms with Crippen LogP contribution in [-0.2, 0) is 11.3 Å². The second kappa shape index (κ2) is 5.81. The maximum Gasteiger partial charge on any atom is 0.355 e. The number of nitrogens with zero attached hydrogens (tertiary/aromatic N) is 2. The maximum atomic E-state index is 11.9. The zero-order valence-electron chi connectivity index (χ0n) is 12.6. The smallest absolute Gasteiger partial charge is 0.355 e. The molecule has 3 aromatic rings. The summed E-state index contributed by atoms with van der Waals surface area (Å²) in [4.78, 5) is 17.2. The van der Waals surface area contributed by atoms with Crippen LogP contribution in [-0.4, -0.2) is 22.5 Å². The van der Waals surface area contributed by atoms with E-state index in [4.69, 9.17) is 9.47 Å². The number of carbonyl (C=O) groups is 1. The molecule has 0 aliphatic rings. The number of ether oxygens (including phenoxy) is 2. The van der Waals surface area contributed by atoms with Gasteiger partial charge in [0, 0.05) is 11.7 Å². The van der Waals surface area contributed by atoms with Gasteiger partial charge in [-0.15, -0.1) is 11.3 Å². The highest BCUT2D eigenvalue weighted by molar-refractivity contribution is 7.11. The third-order valence-electron chi connectivity index (χ3n) is 3.36. The highest BCUT2D eigenvalue weighted by atomic mass is 32.1. The van der Waals surface area contributed by atoms with Gasteiger partial charge >= 0.3 is 5.97 Å². The zero-order valence-corrected chi connectivity index (χ0v) is 13.4. The summed E-state index contributed by atoms with van der Waals surface area (Å²) >= 11 is 1.61. The molecular weight excluding hydrogens is 300 g/mol. The van der Waals surface area contributed by atoms with Gasteiger partial charge in [0.2, 0.25) is 0 Å². The molecule has 0 aliphatic heterocycles. The van der Waals surface area contributed by atoms with Crippen LogP contribution < -0.4 is 4.74 Å². The molecular formula is C16H16N2O3S. The Bertz CT molecular complexity index is 835. The molecule has 3 rings (SSSR count). The molecule has 0 fully saturated rings.